The van der Waals surface area contributed by atoms with Crippen molar-refractivity contribution in [3.8, 4) is 0 Å². The Balaban J connectivity index is 1.07. The van der Waals surface area contributed by atoms with Crippen LogP contribution in [-0.4, -0.2) is 125 Å². The summed E-state index contributed by atoms with van der Waals surface area (Å²) in [6.07, 6.45) is 7.09. The van der Waals surface area contributed by atoms with Crippen LogP contribution in [0.1, 0.15) is 97.7 Å². The Morgan fingerprint density at radius 1 is 0.726 bits per heavy atom. The topological polar surface area (TPSA) is 163 Å². The molecule has 0 radical (unpaired) electrons. The number of likely N-dealkylation sites (N-methyl/N-ethyl adjacent to an activating group) is 1. The highest BCUT2D eigenvalue weighted by Crippen LogP contribution is 2.39. The minimum atomic E-state index is -0.943. The Morgan fingerprint density at radius 2 is 1.35 bits per heavy atom. The molecule has 1 aromatic heterocycles. The summed E-state index contributed by atoms with van der Waals surface area (Å²) in [7, 11) is 1.84. The fourth-order valence-electron chi connectivity index (χ4n) is 8.37. The number of hydrogen-bond donors (Lipinski definition) is 4. The van der Waals surface area contributed by atoms with Crippen molar-refractivity contribution < 1.29 is 34.2 Å². The Hall–Kier alpha value is -5.41. The summed E-state index contributed by atoms with van der Waals surface area (Å²) < 4.78 is 0. The number of nitrogens with one attached hydrogen (secondary N) is 2. The number of carboxylic acid groups (broad SMARTS) is 2. The number of hydrogen-bond acceptors (Lipinski definition) is 9. The molecule has 4 N–H and O–H groups in total. The summed E-state index contributed by atoms with van der Waals surface area (Å²) in [5.74, 6) is -2.26. The smallest absolute Gasteiger partial charge is 0.335 e. The molecule has 0 atom stereocenters. The first kappa shape index (κ1) is 46.1. The Labute approximate surface area is 368 Å². The predicted molar refractivity (Wildman–Crippen MR) is 243 cm³/mol. The van der Waals surface area contributed by atoms with Crippen LogP contribution in [0, 0.1) is 0 Å². The molecule has 1 aliphatic carbocycles. The average molecular weight is 865 g/mol. The highest BCUT2D eigenvalue weighted by atomic mass is 32.1. The fourth-order valence-corrected chi connectivity index (χ4v) is 9.66. The molecule has 330 valence electrons. The number of amides is 3. The number of carboxylic acids is 2. The minimum absolute atomic E-state index is 0.0225. The summed E-state index contributed by atoms with van der Waals surface area (Å²) in [5, 5.41) is 25.0. The maximum Gasteiger partial charge on any atom is 0.335 e. The number of thiophene rings is 1. The second kappa shape index (κ2) is 22.1. The van der Waals surface area contributed by atoms with Crippen molar-refractivity contribution in [1.82, 2.24) is 19.6 Å². The van der Waals surface area contributed by atoms with Gasteiger partial charge >= 0.3 is 11.9 Å². The van der Waals surface area contributed by atoms with E-state index in [1.807, 2.05) is 66.5 Å². The molecular formula is C48H60N6O7S. The van der Waals surface area contributed by atoms with Crippen molar-refractivity contribution in [1.29, 1.82) is 0 Å². The average Bonchev–Trinajstić information content (AvgIpc) is 3.64. The molecule has 2 heterocycles. The van der Waals surface area contributed by atoms with Crippen molar-refractivity contribution in [3.63, 3.8) is 0 Å². The molecule has 0 bridgehead atoms. The van der Waals surface area contributed by atoms with E-state index in [4.69, 9.17) is 10.2 Å². The van der Waals surface area contributed by atoms with Crippen LogP contribution in [0.15, 0.2) is 72.8 Å². The maximum atomic E-state index is 14.0. The van der Waals surface area contributed by atoms with Gasteiger partial charge in [-0.2, -0.15) is 0 Å². The zero-order valence-electron chi connectivity index (χ0n) is 36.2. The van der Waals surface area contributed by atoms with Crippen LogP contribution in [0.4, 0.5) is 10.7 Å². The molecule has 4 aromatic rings. The number of carbonyl (C=O) groups excluding carboxylic acids is 3. The highest BCUT2D eigenvalue weighted by Gasteiger charge is 2.28. The molecule has 2 aliphatic rings. The largest absolute Gasteiger partial charge is 0.480 e. The van der Waals surface area contributed by atoms with E-state index in [0.29, 0.717) is 74.2 Å². The van der Waals surface area contributed by atoms with Crippen molar-refractivity contribution in [2.75, 3.05) is 70.0 Å². The first-order valence-corrected chi connectivity index (χ1v) is 22.6. The number of nitrogens with zero attached hydrogens (tertiary/aromatic N) is 4. The van der Waals surface area contributed by atoms with Gasteiger partial charge < -0.3 is 25.7 Å². The van der Waals surface area contributed by atoms with E-state index >= 15 is 0 Å². The van der Waals surface area contributed by atoms with E-state index in [0.717, 1.165) is 78.5 Å². The van der Waals surface area contributed by atoms with E-state index < -0.39 is 11.9 Å². The zero-order valence-corrected chi connectivity index (χ0v) is 37.0. The van der Waals surface area contributed by atoms with Gasteiger partial charge in [0, 0.05) is 75.0 Å². The second-order valence-electron chi connectivity index (χ2n) is 16.4. The van der Waals surface area contributed by atoms with E-state index in [1.54, 1.807) is 23.1 Å². The molecule has 0 saturated carbocycles. The predicted octanol–water partition coefficient (Wildman–Crippen LogP) is 6.77. The Kier molecular flexibility index (Phi) is 16.4. The van der Waals surface area contributed by atoms with Gasteiger partial charge in [-0.3, -0.25) is 33.9 Å². The molecule has 1 fully saturated rings. The van der Waals surface area contributed by atoms with Crippen LogP contribution in [0.5, 0.6) is 0 Å². The summed E-state index contributed by atoms with van der Waals surface area (Å²) in [4.78, 5) is 72.7. The van der Waals surface area contributed by atoms with Crippen molar-refractivity contribution in [3.05, 3.63) is 117 Å². The third-order valence-electron chi connectivity index (χ3n) is 12.1. The number of aliphatic carboxylic acids is 1. The fraction of sp³-hybridized carbons (Fsp3) is 0.438. The van der Waals surface area contributed by atoms with Crippen molar-refractivity contribution in [2.45, 2.75) is 77.8 Å². The van der Waals surface area contributed by atoms with E-state index in [9.17, 15) is 24.0 Å². The molecule has 6 rings (SSSR count). The van der Waals surface area contributed by atoms with Crippen LogP contribution in [0.3, 0.4) is 0 Å². The van der Waals surface area contributed by atoms with E-state index in [2.05, 4.69) is 34.3 Å². The zero-order chi connectivity index (χ0) is 44.2. The number of anilines is 2. The number of fused-ring (bicyclic) bond motifs is 1. The van der Waals surface area contributed by atoms with Crippen LogP contribution >= 0.6 is 11.3 Å². The third kappa shape index (κ3) is 12.6. The van der Waals surface area contributed by atoms with Crippen LogP contribution in [0.2, 0.25) is 0 Å². The number of piperazine rings is 1. The van der Waals surface area contributed by atoms with Gasteiger partial charge in [0.15, 0.2) is 0 Å². The number of aromatic carboxylic acids is 1. The molecule has 3 amide bonds. The van der Waals surface area contributed by atoms with Gasteiger partial charge in [-0.1, -0.05) is 50.2 Å². The molecule has 0 unspecified atom stereocenters. The number of rotatable bonds is 20. The SMILES string of the molecule is CCC(CC)N(CCN(C)C(=O)CN1CCN(CC(=O)O)CC1)Cc1cccc(C(=O)Nc2sc3c(c2C(=O)Nc2ccc(CCc4ccc(C(=O)O)cc4)cc2)CCCC3)c1. The lowest BCUT2D eigenvalue weighted by atomic mass is 9.95. The maximum absolute atomic E-state index is 14.0. The quantitative estimate of drug-likeness (QED) is 0.0747. The standard InChI is InChI=1S/C48H60N6O7S/c1-4-39(5-2)54(28-23-51(3)42(55)31-52-24-26-53(27-25-52)32-43(56)57)30-35-9-8-10-37(29-35)45(58)50-47-44(40-11-6-7-12-41(40)62-47)46(59)49-38-21-17-34(18-22-38)14-13-33-15-19-36(20-16-33)48(60)61/h8-10,15-22,29,39H,4-7,11-14,23-28,30-32H2,1-3H3,(H,49,59)(H,50,58)(H,56,57)(H,60,61). The van der Waals surface area contributed by atoms with E-state index in [1.165, 1.54) is 11.3 Å². The van der Waals surface area contributed by atoms with Gasteiger partial charge in [-0.15, -0.1) is 11.3 Å². The summed E-state index contributed by atoms with van der Waals surface area (Å²) in [5.41, 5.74) is 6.11. The molecule has 1 aliphatic heterocycles. The molecular weight excluding hydrogens is 805 g/mol. The molecule has 13 nitrogen and oxygen atoms in total. The van der Waals surface area contributed by atoms with Gasteiger partial charge in [-0.25, -0.2) is 4.79 Å². The number of aryl methyl sites for hydroxylation is 3. The first-order chi connectivity index (χ1) is 29.9. The minimum Gasteiger partial charge on any atom is -0.480 e. The number of benzene rings is 3. The van der Waals surface area contributed by atoms with E-state index in [-0.39, 0.29) is 35.9 Å². The summed E-state index contributed by atoms with van der Waals surface area (Å²) >= 11 is 1.49. The molecule has 1 saturated heterocycles. The third-order valence-corrected chi connectivity index (χ3v) is 13.3. The van der Waals surface area contributed by atoms with Crippen molar-refractivity contribution in [2.24, 2.45) is 0 Å². The summed E-state index contributed by atoms with van der Waals surface area (Å²) in [6, 6.07) is 22.6. The van der Waals surface area contributed by atoms with Crippen LogP contribution < -0.4 is 10.6 Å². The van der Waals surface area contributed by atoms with Crippen LogP contribution in [0.25, 0.3) is 0 Å². The number of carbonyl (C=O) groups is 5. The highest BCUT2D eigenvalue weighted by molar-refractivity contribution is 7.17. The van der Waals surface area contributed by atoms with Crippen molar-refractivity contribution >= 4 is 51.7 Å². The van der Waals surface area contributed by atoms with Gasteiger partial charge in [0.2, 0.25) is 5.91 Å². The van der Waals surface area contributed by atoms with Gasteiger partial charge in [0.25, 0.3) is 11.8 Å². The lowest BCUT2D eigenvalue weighted by Gasteiger charge is -2.35. The van der Waals surface area contributed by atoms with Gasteiger partial charge in [0.1, 0.15) is 5.00 Å². The van der Waals surface area contributed by atoms with Gasteiger partial charge in [-0.05, 0) is 110 Å². The first-order valence-electron chi connectivity index (χ1n) is 21.8. The second-order valence-corrected chi connectivity index (χ2v) is 17.5. The Bertz CT molecular complexity index is 2180. The van der Waals surface area contributed by atoms with Gasteiger partial charge in [0.05, 0.1) is 24.2 Å². The van der Waals surface area contributed by atoms with Crippen LogP contribution in [-0.2, 0) is 41.8 Å². The Morgan fingerprint density at radius 3 is 1.98 bits per heavy atom. The summed E-state index contributed by atoms with van der Waals surface area (Å²) in [6.45, 7) is 9.08. The lowest BCUT2D eigenvalue weighted by Crippen LogP contribution is -2.51. The normalized spacial score (nSPS) is 14.4. The molecule has 62 heavy (non-hydrogen) atoms. The molecule has 3 aromatic carbocycles. The lowest BCUT2D eigenvalue weighted by molar-refractivity contribution is -0.139. The molecule has 14 heteroatoms. The monoisotopic (exact) mass is 864 g/mol. The molecule has 0 spiro atoms.